The average Bonchev–Trinajstić information content (AvgIpc) is 1.78. The zero-order valence-corrected chi connectivity index (χ0v) is 4.98. The Morgan fingerprint density at radius 2 is 2.29 bits per heavy atom. The van der Waals surface area contributed by atoms with Gasteiger partial charge in [0.2, 0.25) is 0 Å². The molecule has 0 spiro atoms. The molecule has 0 unspecified atom stereocenters. The monoisotopic (exact) mass is 105 g/mol. The van der Waals surface area contributed by atoms with Crippen molar-refractivity contribution in [1.82, 2.24) is 0 Å². The summed E-state index contributed by atoms with van der Waals surface area (Å²) in [6.45, 7) is 2.43. The molecule has 1 heteroatoms. The van der Waals surface area contributed by atoms with Crippen molar-refractivity contribution < 1.29 is 9.95 Å². The van der Waals surface area contributed by atoms with Crippen LogP contribution in [0.3, 0.4) is 0 Å². The van der Waals surface area contributed by atoms with Crippen molar-refractivity contribution in [3.8, 4) is 0 Å². The third kappa shape index (κ3) is 5.96. The van der Waals surface area contributed by atoms with Crippen molar-refractivity contribution in [3.05, 3.63) is 0 Å². The predicted octanol–water partition coefficient (Wildman–Crippen LogP) is 0.809. The van der Waals surface area contributed by atoms with Gasteiger partial charge in [0, 0.05) is 0 Å². The molecule has 1 nitrogen and oxygen atoms in total. The summed E-state index contributed by atoms with van der Waals surface area (Å²) in [5, 5.41) is 0. The molecule has 0 heterocycles. The molecule has 7 heavy (non-hydrogen) atoms. The molecule has 0 fully saturated rings. The topological polar surface area (TPSA) is 27.6 Å². The number of unbranched alkanes of at least 4 members (excludes halogenated alkanes) is 3. The number of quaternary nitrogens is 1. The van der Waals surface area contributed by atoms with Gasteiger partial charge >= 0.3 is 4.24 Å². The highest BCUT2D eigenvalue weighted by molar-refractivity contribution is 4.35. The highest BCUT2D eigenvalue weighted by Crippen LogP contribution is 1.94. The minimum Gasteiger partial charge on any atom is -0.358 e. The van der Waals surface area contributed by atoms with Crippen LogP contribution in [0, 0.1) is 0 Å². The third-order valence-corrected chi connectivity index (χ3v) is 1.01. The van der Waals surface area contributed by atoms with Crippen LogP contribution in [0.15, 0.2) is 0 Å². The molecule has 0 atom stereocenters. The molecule has 0 aliphatic rings. The Hall–Kier alpha value is -0.0400. The molecule has 0 radical (unpaired) electrons. The maximum atomic E-state index is 6.84. The number of rotatable bonds is 5. The first-order chi connectivity index (χ1) is 4.56. The largest absolute Gasteiger partial charge is 0.358 e. The third-order valence-electron chi connectivity index (χ3n) is 1.01. The summed E-state index contributed by atoms with van der Waals surface area (Å²) in [5.41, 5.74) is -1.14. The van der Waals surface area contributed by atoms with Crippen molar-refractivity contribution in [2.45, 2.75) is 32.6 Å². The van der Waals surface area contributed by atoms with E-state index in [9.17, 15) is 0 Å². The van der Waals surface area contributed by atoms with Crippen molar-refractivity contribution >= 4 is 0 Å². The second-order valence-electron chi connectivity index (χ2n) is 1.78. The fourth-order valence-corrected chi connectivity index (χ4v) is 0.539. The van der Waals surface area contributed by atoms with E-state index in [1.165, 1.54) is 0 Å². The van der Waals surface area contributed by atoms with Crippen molar-refractivity contribution in [3.63, 3.8) is 0 Å². The van der Waals surface area contributed by atoms with E-state index < -0.39 is 5.71 Å². The first kappa shape index (κ1) is 3.08. The van der Waals surface area contributed by atoms with Crippen LogP contribution in [0.1, 0.15) is 32.6 Å². The summed E-state index contributed by atoms with van der Waals surface area (Å²) < 4.78 is 20.5. The van der Waals surface area contributed by atoms with Crippen LogP contribution in [0.5, 0.6) is 0 Å². The number of hydrogen-bond acceptors (Lipinski definition) is 0. The van der Waals surface area contributed by atoms with Gasteiger partial charge in [-0.1, -0.05) is 19.8 Å². The molecule has 0 bridgehead atoms. The lowest BCUT2D eigenvalue weighted by molar-refractivity contribution is -0.368. The summed E-state index contributed by atoms with van der Waals surface area (Å²) in [5.74, 6) is 0. The fraction of sp³-hybridized carbons (Fsp3) is 1.00. The molecule has 44 valence electrons. The molecular formula is C6H16N+. The molecule has 0 amide bonds. The van der Waals surface area contributed by atoms with Crippen molar-refractivity contribution in [1.29, 1.82) is 0 Å². The molecular weight excluding hydrogens is 86.1 g/mol. The van der Waals surface area contributed by atoms with Gasteiger partial charge in [-0.15, -0.1) is 0 Å². The Bertz CT molecular complexity index is 79.6. The standard InChI is InChI=1S/C6H15N/c1-2-3-4-5-6-7/h2-7H2,1H3/p+1/i/hD3. The first-order valence-corrected chi connectivity index (χ1v) is 3.02. The van der Waals surface area contributed by atoms with E-state index in [-0.39, 0.29) is 0 Å². The molecule has 3 N–H and O–H groups in total. The van der Waals surface area contributed by atoms with Crippen LogP contribution in [0.25, 0.3) is 0 Å². The SMILES string of the molecule is [2H][N+]([2H])([2H])CCCCCC. The zero-order chi connectivity index (χ0) is 8.04. The Labute approximate surface area is 50.3 Å². The summed E-state index contributed by atoms with van der Waals surface area (Å²) in [4.78, 5) is 0. The van der Waals surface area contributed by atoms with Crippen LogP contribution in [0.2, 0.25) is 4.24 Å². The van der Waals surface area contributed by atoms with E-state index in [2.05, 4.69) is 6.92 Å². The maximum Gasteiger partial charge on any atom is 0.344 e. The Balaban J connectivity index is 3.04. The van der Waals surface area contributed by atoms with Crippen LogP contribution < -0.4 is 5.71 Å². The van der Waals surface area contributed by atoms with E-state index in [1.54, 1.807) is 0 Å². The highest BCUT2D eigenvalue weighted by atomic mass is 14.5. The van der Waals surface area contributed by atoms with E-state index in [0.29, 0.717) is 6.54 Å². The average molecular weight is 105 g/mol. The maximum absolute atomic E-state index is 6.84. The number of hydrogen-bond donors (Lipinski definition) is 1. The molecule has 0 aromatic heterocycles. The lowest BCUT2D eigenvalue weighted by atomic mass is 10.2. The van der Waals surface area contributed by atoms with Gasteiger partial charge in [0.1, 0.15) is 0 Å². The van der Waals surface area contributed by atoms with Gasteiger partial charge in [0.15, 0.2) is 0 Å². The molecule has 0 aliphatic carbocycles. The summed E-state index contributed by atoms with van der Waals surface area (Å²) in [7, 11) is 0. The molecule has 0 saturated carbocycles. The summed E-state index contributed by atoms with van der Waals surface area (Å²) in [6, 6.07) is 0. The lowest BCUT2D eigenvalue weighted by Crippen LogP contribution is -2.50. The van der Waals surface area contributed by atoms with Gasteiger partial charge in [-0.3, -0.25) is 0 Å². The smallest absolute Gasteiger partial charge is 0.344 e. The molecule has 0 aliphatic heterocycles. The highest BCUT2D eigenvalue weighted by Gasteiger charge is 1.82. The Morgan fingerprint density at radius 1 is 1.43 bits per heavy atom. The van der Waals surface area contributed by atoms with Gasteiger partial charge < -0.3 is 5.71 Å². The Morgan fingerprint density at radius 3 is 2.86 bits per heavy atom. The molecule has 0 aromatic carbocycles. The summed E-state index contributed by atoms with van der Waals surface area (Å²) in [6.07, 6.45) is 4.19. The van der Waals surface area contributed by atoms with E-state index in [4.69, 9.17) is 4.24 Å². The van der Waals surface area contributed by atoms with Crippen molar-refractivity contribution in [2.24, 2.45) is 0 Å². The predicted molar refractivity (Wildman–Crippen MR) is 31.9 cm³/mol. The van der Waals surface area contributed by atoms with Crippen LogP contribution in [-0.2, 0) is 0 Å². The minimum absolute atomic E-state index is 0.319. The molecule has 0 saturated heterocycles. The zero-order valence-electron chi connectivity index (χ0n) is 7.98. The van der Waals surface area contributed by atoms with Gasteiger partial charge in [0.05, 0.1) is 6.54 Å². The lowest BCUT2D eigenvalue weighted by Gasteiger charge is -1.89. The van der Waals surface area contributed by atoms with Gasteiger partial charge in [-0.2, -0.15) is 0 Å². The van der Waals surface area contributed by atoms with Crippen molar-refractivity contribution in [2.75, 3.05) is 6.54 Å². The van der Waals surface area contributed by atoms with Gasteiger partial charge in [-0.25, -0.2) is 0 Å². The Kier molecular flexibility index (Phi) is 2.62. The second kappa shape index (κ2) is 5.96. The van der Waals surface area contributed by atoms with E-state index in [0.717, 1.165) is 25.7 Å². The minimum atomic E-state index is -1.14. The first-order valence-electron chi connectivity index (χ1n) is 4.36. The van der Waals surface area contributed by atoms with Gasteiger partial charge in [0.25, 0.3) is 0 Å². The van der Waals surface area contributed by atoms with Gasteiger partial charge in [-0.05, 0) is 12.8 Å². The van der Waals surface area contributed by atoms with Crippen LogP contribution in [-0.4, -0.2) is 6.54 Å². The second-order valence-corrected chi connectivity index (χ2v) is 1.78. The molecule has 0 rings (SSSR count). The van der Waals surface area contributed by atoms with Crippen LogP contribution in [0.4, 0.5) is 0 Å². The fourth-order valence-electron chi connectivity index (χ4n) is 0.539. The summed E-state index contributed by atoms with van der Waals surface area (Å²) >= 11 is 0. The van der Waals surface area contributed by atoms with E-state index in [1.807, 2.05) is 0 Å². The van der Waals surface area contributed by atoms with Crippen LogP contribution >= 0.6 is 0 Å². The quantitative estimate of drug-likeness (QED) is 0.501. The van der Waals surface area contributed by atoms with E-state index >= 15 is 0 Å². The normalized spacial score (nSPS) is 17.6. The molecule has 0 aromatic rings.